The van der Waals surface area contributed by atoms with Crippen LogP contribution < -0.4 is 5.32 Å². The lowest BCUT2D eigenvalue weighted by atomic mass is 9.95. The summed E-state index contributed by atoms with van der Waals surface area (Å²) < 4.78 is 0. The van der Waals surface area contributed by atoms with E-state index in [0.29, 0.717) is 5.92 Å². The van der Waals surface area contributed by atoms with Gasteiger partial charge in [0.25, 0.3) is 0 Å². The summed E-state index contributed by atoms with van der Waals surface area (Å²) in [5, 5.41) is 5.19. The van der Waals surface area contributed by atoms with Crippen LogP contribution in [0.1, 0.15) is 24.5 Å². The van der Waals surface area contributed by atoms with Crippen molar-refractivity contribution in [1.29, 1.82) is 0 Å². The second kappa shape index (κ2) is 4.07. The van der Waals surface area contributed by atoms with Gasteiger partial charge in [-0.05, 0) is 38.1 Å². The fraction of sp³-hybridized carbons (Fsp3) is 0.417. The van der Waals surface area contributed by atoms with Crippen molar-refractivity contribution in [3.63, 3.8) is 0 Å². The number of nitrogens with zero attached hydrogens (tertiary/aromatic N) is 1. The average Bonchev–Trinajstić information content (AvgIpc) is 2.76. The molecule has 4 heteroatoms. The molecule has 0 aromatic carbocycles. The Bertz CT molecular complexity index is 500. The van der Waals surface area contributed by atoms with E-state index in [1.54, 1.807) is 6.20 Å². The molecule has 3 heterocycles. The summed E-state index contributed by atoms with van der Waals surface area (Å²) in [6.45, 7) is 2.20. The van der Waals surface area contributed by atoms with E-state index in [-0.39, 0.29) is 0 Å². The van der Waals surface area contributed by atoms with E-state index in [0.717, 1.165) is 29.1 Å². The summed E-state index contributed by atoms with van der Waals surface area (Å²) in [7, 11) is 0. The number of piperidine rings is 1. The van der Waals surface area contributed by atoms with E-state index in [1.807, 2.05) is 6.07 Å². The summed E-state index contributed by atoms with van der Waals surface area (Å²) in [6, 6.07) is 3.99. The smallest absolute Gasteiger partial charge is 0.138 e. The maximum absolute atomic E-state index is 6.14. The number of aromatic amines is 1. The van der Waals surface area contributed by atoms with Gasteiger partial charge in [-0.15, -0.1) is 0 Å². The first kappa shape index (κ1) is 10.1. The summed E-state index contributed by atoms with van der Waals surface area (Å²) in [4.78, 5) is 7.68. The van der Waals surface area contributed by atoms with Gasteiger partial charge < -0.3 is 10.3 Å². The Morgan fingerprint density at radius 3 is 2.88 bits per heavy atom. The number of H-pyrrole nitrogens is 1. The molecule has 1 saturated heterocycles. The van der Waals surface area contributed by atoms with Crippen molar-refractivity contribution in [2.24, 2.45) is 0 Å². The molecule has 0 aliphatic carbocycles. The van der Waals surface area contributed by atoms with E-state index in [4.69, 9.17) is 11.6 Å². The predicted octanol–water partition coefficient (Wildman–Crippen LogP) is 2.68. The molecule has 16 heavy (non-hydrogen) atoms. The minimum absolute atomic E-state index is 0.617. The molecular formula is C12H14ClN3. The molecule has 1 aliphatic heterocycles. The van der Waals surface area contributed by atoms with Gasteiger partial charge in [0.1, 0.15) is 5.65 Å². The van der Waals surface area contributed by atoms with Crippen LogP contribution >= 0.6 is 11.6 Å². The van der Waals surface area contributed by atoms with Gasteiger partial charge in [-0.1, -0.05) is 11.6 Å². The highest BCUT2D eigenvalue weighted by Crippen LogP contribution is 2.29. The SMILES string of the molecule is Clc1ccnc2[nH]c(C3CCNCC3)cc12. The van der Waals surface area contributed by atoms with Crippen molar-refractivity contribution in [1.82, 2.24) is 15.3 Å². The molecule has 2 aromatic heterocycles. The van der Waals surface area contributed by atoms with E-state index in [1.165, 1.54) is 18.5 Å². The quantitative estimate of drug-likeness (QED) is 0.798. The van der Waals surface area contributed by atoms with Crippen LogP contribution in [0.5, 0.6) is 0 Å². The van der Waals surface area contributed by atoms with Crippen molar-refractivity contribution in [2.45, 2.75) is 18.8 Å². The number of hydrogen-bond acceptors (Lipinski definition) is 2. The molecule has 0 spiro atoms. The Labute approximate surface area is 99.2 Å². The van der Waals surface area contributed by atoms with Crippen LogP contribution in [0.4, 0.5) is 0 Å². The van der Waals surface area contributed by atoms with Gasteiger partial charge in [0.15, 0.2) is 0 Å². The molecule has 2 aromatic rings. The van der Waals surface area contributed by atoms with Crippen LogP contribution in [0, 0.1) is 0 Å². The zero-order chi connectivity index (χ0) is 11.0. The number of fused-ring (bicyclic) bond motifs is 1. The Kier molecular flexibility index (Phi) is 2.58. The van der Waals surface area contributed by atoms with Gasteiger partial charge in [-0.25, -0.2) is 4.98 Å². The van der Waals surface area contributed by atoms with Gasteiger partial charge in [0, 0.05) is 23.2 Å². The lowest BCUT2D eigenvalue weighted by Crippen LogP contribution is -2.26. The second-order valence-electron chi connectivity index (χ2n) is 4.30. The molecule has 1 fully saturated rings. The molecule has 2 N–H and O–H groups in total. The molecular weight excluding hydrogens is 222 g/mol. The summed E-state index contributed by atoms with van der Waals surface area (Å²) in [5.74, 6) is 0.617. The third-order valence-corrected chi connectivity index (χ3v) is 3.61. The zero-order valence-electron chi connectivity index (χ0n) is 8.96. The number of pyridine rings is 1. The van der Waals surface area contributed by atoms with E-state index >= 15 is 0 Å². The Morgan fingerprint density at radius 2 is 2.12 bits per heavy atom. The number of aromatic nitrogens is 2. The zero-order valence-corrected chi connectivity index (χ0v) is 9.72. The Hall–Kier alpha value is -1.06. The number of rotatable bonds is 1. The highest BCUT2D eigenvalue weighted by molar-refractivity contribution is 6.35. The van der Waals surface area contributed by atoms with Gasteiger partial charge in [-0.3, -0.25) is 0 Å². The van der Waals surface area contributed by atoms with Crippen LogP contribution in [0.3, 0.4) is 0 Å². The lowest BCUT2D eigenvalue weighted by molar-refractivity contribution is 0.455. The van der Waals surface area contributed by atoms with E-state index < -0.39 is 0 Å². The number of hydrogen-bond donors (Lipinski definition) is 2. The van der Waals surface area contributed by atoms with Crippen LogP contribution in [0.2, 0.25) is 5.02 Å². The fourth-order valence-electron chi connectivity index (χ4n) is 2.37. The maximum Gasteiger partial charge on any atom is 0.138 e. The van der Waals surface area contributed by atoms with Crippen molar-refractivity contribution < 1.29 is 0 Å². The largest absolute Gasteiger partial charge is 0.343 e. The first-order valence-corrected chi connectivity index (χ1v) is 6.06. The minimum Gasteiger partial charge on any atom is -0.343 e. The molecule has 0 radical (unpaired) electrons. The van der Waals surface area contributed by atoms with E-state index in [2.05, 4.69) is 21.4 Å². The lowest BCUT2D eigenvalue weighted by Gasteiger charge is -2.21. The van der Waals surface area contributed by atoms with E-state index in [9.17, 15) is 0 Å². The molecule has 3 nitrogen and oxygen atoms in total. The van der Waals surface area contributed by atoms with Crippen molar-refractivity contribution in [2.75, 3.05) is 13.1 Å². The van der Waals surface area contributed by atoms with Crippen LogP contribution in [0.15, 0.2) is 18.3 Å². The summed E-state index contributed by atoms with van der Waals surface area (Å²) in [5.41, 5.74) is 2.18. The Balaban J connectivity index is 2.01. The Morgan fingerprint density at radius 1 is 1.31 bits per heavy atom. The predicted molar refractivity (Wildman–Crippen MR) is 65.9 cm³/mol. The summed E-state index contributed by atoms with van der Waals surface area (Å²) in [6.07, 6.45) is 4.11. The van der Waals surface area contributed by atoms with Gasteiger partial charge in [0.05, 0.1) is 5.02 Å². The molecule has 0 atom stereocenters. The monoisotopic (exact) mass is 235 g/mol. The van der Waals surface area contributed by atoms with Crippen molar-refractivity contribution in [3.8, 4) is 0 Å². The fourth-order valence-corrected chi connectivity index (χ4v) is 2.57. The minimum atomic E-state index is 0.617. The third-order valence-electron chi connectivity index (χ3n) is 3.28. The van der Waals surface area contributed by atoms with Crippen LogP contribution in [0.25, 0.3) is 11.0 Å². The van der Waals surface area contributed by atoms with Gasteiger partial charge in [0.2, 0.25) is 0 Å². The number of nitrogens with one attached hydrogen (secondary N) is 2. The van der Waals surface area contributed by atoms with Crippen molar-refractivity contribution in [3.05, 3.63) is 29.0 Å². The first-order valence-electron chi connectivity index (χ1n) is 5.68. The highest BCUT2D eigenvalue weighted by Gasteiger charge is 2.17. The maximum atomic E-state index is 6.14. The molecule has 84 valence electrons. The topological polar surface area (TPSA) is 40.7 Å². The second-order valence-corrected chi connectivity index (χ2v) is 4.71. The molecule has 0 amide bonds. The molecule has 1 aliphatic rings. The molecule has 0 bridgehead atoms. The third kappa shape index (κ3) is 1.70. The van der Waals surface area contributed by atoms with Crippen molar-refractivity contribution >= 4 is 22.6 Å². The number of halogens is 1. The first-order chi connectivity index (χ1) is 7.84. The van der Waals surface area contributed by atoms with Crippen LogP contribution in [-0.2, 0) is 0 Å². The van der Waals surface area contributed by atoms with Crippen LogP contribution in [-0.4, -0.2) is 23.1 Å². The highest BCUT2D eigenvalue weighted by atomic mass is 35.5. The van der Waals surface area contributed by atoms with Gasteiger partial charge >= 0.3 is 0 Å². The molecule has 0 saturated carbocycles. The molecule has 0 unspecified atom stereocenters. The summed E-state index contributed by atoms with van der Waals surface area (Å²) >= 11 is 6.14. The van der Waals surface area contributed by atoms with Gasteiger partial charge in [-0.2, -0.15) is 0 Å². The molecule has 3 rings (SSSR count). The standard InChI is InChI=1S/C12H14ClN3/c13-10-3-6-15-12-9(10)7-11(16-12)8-1-4-14-5-2-8/h3,6-8,14H,1-2,4-5H2,(H,15,16). The normalized spacial score (nSPS) is 18.1. The average molecular weight is 236 g/mol.